The molecular formula is C15H14N2O4. The fourth-order valence-corrected chi connectivity index (χ4v) is 1.77. The average Bonchev–Trinajstić information content (AvgIpc) is 2.50. The molecule has 0 bridgehead atoms. The summed E-state index contributed by atoms with van der Waals surface area (Å²) in [5, 5.41) is 13.2. The first-order valence-corrected chi connectivity index (χ1v) is 6.37. The lowest BCUT2D eigenvalue weighted by molar-refractivity contribution is -0.384. The zero-order valence-corrected chi connectivity index (χ0v) is 11.2. The topological polar surface area (TPSA) is 81.5 Å². The largest absolute Gasteiger partial charge is 0.457 e. The summed E-state index contributed by atoms with van der Waals surface area (Å²) >= 11 is 0. The Bertz CT molecular complexity index is 609. The zero-order chi connectivity index (χ0) is 15.1. The highest BCUT2D eigenvalue weighted by Crippen LogP contribution is 2.24. The number of non-ortho nitro benzene ring substituents is 1. The molecule has 108 valence electrons. The number of benzene rings is 2. The van der Waals surface area contributed by atoms with Gasteiger partial charge in [-0.1, -0.05) is 12.1 Å². The van der Waals surface area contributed by atoms with E-state index in [0.29, 0.717) is 24.5 Å². The van der Waals surface area contributed by atoms with Gasteiger partial charge in [0.15, 0.2) is 0 Å². The van der Waals surface area contributed by atoms with Gasteiger partial charge in [0.1, 0.15) is 11.5 Å². The van der Waals surface area contributed by atoms with E-state index in [1.54, 1.807) is 12.1 Å². The summed E-state index contributed by atoms with van der Waals surface area (Å²) < 4.78 is 5.60. The first kappa shape index (κ1) is 14.5. The van der Waals surface area contributed by atoms with Crippen LogP contribution in [0.2, 0.25) is 0 Å². The van der Waals surface area contributed by atoms with Gasteiger partial charge < -0.3 is 10.1 Å². The lowest BCUT2D eigenvalue weighted by atomic mass is 10.1. The van der Waals surface area contributed by atoms with Crippen LogP contribution in [0, 0.1) is 10.1 Å². The van der Waals surface area contributed by atoms with Crippen molar-refractivity contribution >= 4 is 12.1 Å². The maximum atomic E-state index is 10.6. The van der Waals surface area contributed by atoms with Crippen LogP contribution in [0.15, 0.2) is 48.5 Å². The van der Waals surface area contributed by atoms with Crippen LogP contribution in [0.25, 0.3) is 0 Å². The molecule has 0 aliphatic rings. The normalized spacial score (nSPS) is 9.90. The van der Waals surface area contributed by atoms with Crippen molar-refractivity contribution in [1.82, 2.24) is 5.32 Å². The molecule has 0 heterocycles. The molecule has 0 saturated carbocycles. The monoisotopic (exact) mass is 286 g/mol. The Labute approximate surface area is 121 Å². The fraction of sp³-hybridized carbons (Fsp3) is 0.133. The van der Waals surface area contributed by atoms with Gasteiger partial charge in [-0.2, -0.15) is 0 Å². The minimum Gasteiger partial charge on any atom is -0.457 e. The molecule has 0 atom stereocenters. The van der Waals surface area contributed by atoms with Crippen LogP contribution >= 0.6 is 0 Å². The maximum Gasteiger partial charge on any atom is 0.269 e. The number of rotatable bonds is 7. The second kappa shape index (κ2) is 7.04. The van der Waals surface area contributed by atoms with Gasteiger partial charge in [-0.15, -0.1) is 0 Å². The van der Waals surface area contributed by atoms with Gasteiger partial charge in [0.25, 0.3) is 5.69 Å². The van der Waals surface area contributed by atoms with Crippen molar-refractivity contribution < 1.29 is 14.5 Å². The average molecular weight is 286 g/mol. The van der Waals surface area contributed by atoms with Crippen LogP contribution in [-0.4, -0.2) is 17.9 Å². The Morgan fingerprint density at radius 2 is 1.62 bits per heavy atom. The van der Waals surface area contributed by atoms with E-state index < -0.39 is 4.92 Å². The number of hydrogen-bond acceptors (Lipinski definition) is 4. The van der Waals surface area contributed by atoms with Crippen LogP contribution in [0.4, 0.5) is 5.69 Å². The van der Waals surface area contributed by atoms with E-state index in [2.05, 4.69) is 5.32 Å². The second-order valence-corrected chi connectivity index (χ2v) is 4.32. The molecule has 6 heteroatoms. The van der Waals surface area contributed by atoms with Crippen molar-refractivity contribution in [1.29, 1.82) is 0 Å². The van der Waals surface area contributed by atoms with Gasteiger partial charge >= 0.3 is 0 Å². The van der Waals surface area contributed by atoms with E-state index in [1.807, 2.05) is 24.3 Å². The van der Waals surface area contributed by atoms with Crippen LogP contribution in [0.1, 0.15) is 5.56 Å². The number of nitrogens with one attached hydrogen (secondary N) is 1. The SMILES string of the molecule is O=CNCCc1ccc(Oc2ccc([N+](=O)[O-])cc2)cc1. The molecule has 0 unspecified atom stereocenters. The number of amides is 1. The molecule has 1 amide bonds. The van der Waals surface area contributed by atoms with Crippen LogP contribution in [0.3, 0.4) is 0 Å². The quantitative estimate of drug-likeness (QED) is 0.367. The second-order valence-electron chi connectivity index (χ2n) is 4.32. The lowest BCUT2D eigenvalue weighted by Gasteiger charge is -2.06. The molecule has 0 spiro atoms. The van der Waals surface area contributed by atoms with E-state index in [4.69, 9.17) is 4.74 Å². The van der Waals surface area contributed by atoms with Crippen LogP contribution in [0.5, 0.6) is 11.5 Å². The third-order valence-electron chi connectivity index (χ3n) is 2.85. The molecule has 2 rings (SSSR count). The Balaban J connectivity index is 1.96. The Morgan fingerprint density at radius 3 is 2.14 bits per heavy atom. The first-order valence-electron chi connectivity index (χ1n) is 6.37. The van der Waals surface area contributed by atoms with E-state index in [9.17, 15) is 14.9 Å². The predicted molar refractivity (Wildman–Crippen MR) is 77.4 cm³/mol. The van der Waals surface area contributed by atoms with Gasteiger partial charge in [-0.25, -0.2) is 0 Å². The van der Waals surface area contributed by atoms with Crippen molar-refractivity contribution in [2.75, 3.05) is 6.54 Å². The molecule has 21 heavy (non-hydrogen) atoms. The summed E-state index contributed by atoms with van der Waals surface area (Å²) in [7, 11) is 0. The van der Waals surface area contributed by atoms with Gasteiger partial charge in [0, 0.05) is 18.7 Å². The van der Waals surface area contributed by atoms with E-state index in [-0.39, 0.29) is 5.69 Å². The number of carbonyl (C=O) groups excluding carboxylic acids is 1. The third kappa shape index (κ3) is 4.31. The van der Waals surface area contributed by atoms with E-state index in [1.165, 1.54) is 12.1 Å². The van der Waals surface area contributed by atoms with Crippen LogP contribution < -0.4 is 10.1 Å². The molecule has 2 aromatic rings. The summed E-state index contributed by atoms with van der Waals surface area (Å²) in [4.78, 5) is 20.2. The maximum absolute atomic E-state index is 10.6. The predicted octanol–water partition coefficient (Wildman–Crippen LogP) is 2.68. The molecular weight excluding hydrogens is 272 g/mol. The summed E-state index contributed by atoms with van der Waals surface area (Å²) in [6.07, 6.45) is 1.42. The van der Waals surface area contributed by atoms with E-state index in [0.717, 1.165) is 12.0 Å². The Hall–Kier alpha value is -2.89. The Kier molecular flexibility index (Phi) is 4.87. The van der Waals surface area contributed by atoms with Crippen molar-refractivity contribution in [3.05, 3.63) is 64.2 Å². The molecule has 1 N–H and O–H groups in total. The van der Waals surface area contributed by atoms with Crippen molar-refractivity contribution in [3.63, 3.8) is 0 Å². The van der Waals surface area contributed by atoms with Crippen molar-refractivity contribution in [2.45, 2.75) is 6.42 Å². The van der Waals surface area contributed by atoms with Gasteiger partial charge in [-0.05, 0) is 36.2 Å². The van der Waals surface area contributed by atoms with Gasteiger partial charge in [-0.3, -0.25) is 14.9 Å². The minimum atomic E-state index is -0.452. The molecule has 6 nitrogen and oxygen atoms in total. The summed E-state index contributed by atoms with van der Waals surface area (Å²) in [6.45, 7) is 0.589. The lowest BCUT2D eigenvalue weighted by Crippen LogP contribution is -2.14. The molecule has 0 fully saturated rings. The van der Waals surface area contributed by atoms with E-state index >= 15 is 0 Å². The number of hydrogen-bond donors (Lipinski definition) is 1. The number of nitro groups is 1. The standard InChI is InChI=1S/C15H14N2O4/c18-11-16-10-9-12-1-5-14(6-2-12)21-15-7-3-13(4-8-15)17(19)20/h1-8,11H,9-10H2,(H,16,18). The number of carbonyl (C=O) groups is 1. The Morgan fingerprint density at radius 1 is 1.05 bits per heavy atom. The minimum absolute atomic E-state index is 0.0281. The molecule has 0 saturated heterocycles. The van der Waals surface area contributed by atoms with Gasteiger partial charge in [0.05, 0.1) is 4.92 Å². The number of nitrogens with zero attached hydrogens (tertiary/aromatic N) is 1. The number of nitro benzene ring substituents is 1. The molecule has 0 aliphatic carbocycles. The molecule has 2 aromatic carbocycles. The highest BCUT2D eigenvalue weighted by molar-refractivity contribution is 5.46. The third-order valence-corrected chi connectivity index (χ3v) is 2.85. The highest BCUT2D eigenvalue weighted by Gasteiger charge is 2.05. The van der Waals surface area contributed by atoms with Crippen LogP contribution in [-0.2, 0) is 11.2 Å². The summed E-state index contributed by atoms with van der Waals surface area (Å²) in [5.41, 5.74) is 1.11. The molecule has 0 aromatic heterocycles. The molecule has 0 radical (unpaired) electrons. The number of ether oxygens (including phenoxy) is 1. The summed E-state index contributed by atoms with van der Waals surface area (Å²) in [6, 6.07) is 13.4. The summed E-state index contributed by atoms with van der Waals surface area (Å²) in [5.74, 6) is 1.19. The smallest absolute Gasteiger partial charge is 0.269 e. The van der Waals surface area contributed by atoms with Crippen molar-refractivity contribution in [2.24, 2.45) is 0 Å². The van der Waals surface area contributed by atoms with Crippen molar-refractivity contribution in [3.8, 4) is 11.5 Å². The highest BCUT2D eigenvalue weighted by atomic mass is 16.6. The first-order chi connectivity index (χ1) is 10.2. The zero-order valence-electron chi connectivity index (χ0n) is 11.2. The van der Waals surface area contributed by atoms with Gasteiger partial charge in [0.2, 0.25) is 6.41 Å². The molecule has 0 aliphatic heterocycles. The fourth-order valence-electron chi connectivity index (χ4n) is 1.77.